The number of rotatable bonds is 5. The van der Waals surface area contributed by atoms with Crippen molar-refractivity contribution in [3.8, 4) is 0 Å². The van der Waals surface area contributed by atoms with Gasteiger partial charge < -0.3 is 9.64 Å². The molecule has 5 heteroatoms. The lowest BCUT2D eigenvalue weighted by molar-refractivity contribution is -0.0712. The Morgan fingerprint density at radius 2 is 1.86 bits per heavy atom. The van der Waals surface area contributed by atoms with Crippen molar-refractivity contribution in [2.75, 3.05) is 40.8 Å². The number of methoxy groups -OCH3 is 1. The minimum atomic E-state index is -0.00234. The van der Waals surface area contributed by atoms with Crippen LogP contribution < -0.4 is 0 Å². The van der Waals surface area contributed by atoms with Crippen molar-refractivity contribution in [1.82, 2.24) is 9.80 Å². The second-order valence-corrected chi connectivity index (χ2v) is 6.96. The van der Waals surface area contributed by atoms with E-state index in [1.807, 2.05) is 25.3 Å². The average Bonchev–Trinajstić information content (AvgIpc) is 2.45. The normalized spacial score (nSPS) is 19.1. The van der Waals surface area contributed by atoms with E-state index in [1.165, 1.54) is 5.56 Å². The number of likely N-dealkylation sites (N-methyl/N-ethyl adjacent to an activating group) is 1. The second kappa shape index (κ2) is 7.30. The number of halogens is 2. The number of nitrogens with zero attached hydrogens (tertiary/aromatic N) is 2. The van der Waals surface area contributed by atoms with E-state index in [4.69, 9.17) is 27.9 Å². The van der Waals surface area contributed by atoms with Crippen LogP contribution in [-0.4, -0.2) is 56.2 Å². The predicted octanol–water partition coefficient (Wildman–Crippen LogP) is 3.54. The lowest BCUT2D eigenvalue weighted by atomic mass is 9.90. The number of likely N-dealkylation sites (tertiary alicyclic amines) is 1. The van der Waals surface area contributed by atoms with E-state index in [1.54, 1.807) is 0 Å². The highest BCUT2D eigenvalue weighted by atomic mass is 35.5. The first kappa shape index (κ1) is 17.0. The first-order valence-corrected chi connectivity index (χ1v) is 8.06. The van der Waals surface area contributed by atoms with Crippen LogP contribution in [0.5, 0.6) is 0 Å². The van der Waals surface area contributed by atoms with Gasteiger partial charge in [-0.2, -0.15) is 0 Å². The molecule has 1 fully saturated rings. The Kier molecular flexibility index (Phi) is 5.92. The maximum absolute atomic E-state index is 6.08. The predicted molar refractivity (Wildman–Crippen MR) is 89.3 cm³/mol. The summed E-state index contributed by atoms with van der Waals surface area (Å²) in [5.41, 5.74) is 1.21. The number of hydrogen-bond acceptors (Lipinski definition) is 3. The van der Waals surface area contributed by atoms with Crippen molar-refractivity contribution in [3.05, 3.63) is 33.8 Å². The van der Waals surface area contributed by atoms with Crippen molar-refractivity contribution >= 4 is 23.2 Å². The second-order valence-electron chi connectivity index (χ2n) is 6.15. The fourth-order valence-corrected chi connectivity index (χ4v) is 3.34. The van der Waals surface area contributed by atoms with Gasteiger partial charge in [0.05, 0.1) is 15.6 Å². The van der Waals surface area contributed by atoms with Gasteiger partial charge in [0.2, 0.25) is 0 Å². The summed E-state index contributed by atoms with van der Waals surface area (Å²) < 4.78 is 5.82. The summed E-state index contributed by atoms with van der Waals surface area (Å²) in [6.07, 6.45) is 2.12. The van der Waals surface area contributed by atoms with Gasteiger partial charge in [-0.25, -0.2) is 0 Å². The summed E-state index contributed by atoms with van der Waals surface area (Å²) in [7, 11) is 6.03. The SMILES string of the molecule is COC1(CN(C)C)CCN(Cc2ccc(Cl)c(Cl)c2)CC1. The summed E-state index contributed by atoms with van der Waals surface area (Å²) in [6, 6.07) is 5.88. The molecule has 1 aromatic carbocycles. The third-order valence-electron chi connectivity index (χ3n) is 4.19. The topological polar surface area (TPSA) is 15.7 Å². The van der Waals surface area contributed by atoms with E-state index in [9.17, 15) is 0 Å². The Balaban J connectivity index is 1.92. The number of benzene rings is 1. The van der Waals surface area contributed by atoms with Gasteiger partial charge in [0, 0.05) is 33.3 Å². The Hall–Kier alpha value is -0.320. The zero-order chi connectivity index (χ0) is 15.5. The molecule has 1 heterocycles. The summed E-state index contributed by atoms with van der Waals surface area (Å²) in [6.45, 7) is 3.98. The lowest BCUT2D eigenvalue weighted by Crippen LogP contribution is -2.50. The fourth-order valence-electron chi connectivity index (χ4n) is 3.02. The molecule has 118 valence electrons. The first-order valence-electron chi connectivity index (χ1n) is 7.30. The van der Waals surface area contributed by atoms with Crippen molar-refractivity contribution in [2.24, 2.45) is 0 Å². The molecule has 0 unspecified atom stereocenters. The zero-order valence-corrected chi connectivity index (χ0v) is 14.5. The van der Waals surface area contributed by atoms with E-state index < -0.39 is 0 Å². The molecule has 0 aliphatic carbocycles. The summed E-state index contributed by atoms with van der Waals surface area (Å²) >= 11 is 12.0. The third kappa shape index (κ3) is 4.57. The highest BCUT2D eigenvalue weighted by Crippen LogP contribution is 2.28. The summed E-state index contributed by atoms with van der Waals surface area (Å²) in [4.78, 5) is 4.66. The van der Waals surface area contributed by atoms with Gasteiger partial charge in [0.1, 0.15) is 0 Å². The average molecular weight is 331 g/mol. The Labute approximate surface area is 137 Å². The fraction of sp³-hybridized carbons (Fsp3) is 0.625. The molecule has 1 aliphatic heterocycles. The van der Waals surface area contributed by atoms with Gasteiger partial charge in [-0.05, 0) is 44.6 Å². The van der Waals surface area contributed by atoms with Gasteiger partial charge in [-0.15, -0.1) is 0 Å². The van der Waals surface area contributed by atoms with Crippen LogP contribution in [0, 0.1) is 0 Å². The summed E-state index contributed by atoms with van der Waals surface area (Å²) in [5.74, 6) is 0. The van der Waals surface area contributed by atoms with Gasteiger partial charge >= 0.3 is 0 Å². The molecule has 0 N–H and O–H groups in total. The molecule has 0 spiro atoms. The molecule has 0 radical (unpaired) electrons. The molecule has 1 saturated heterocycles. The molecular formula is C16H24Cl2N2O. The third-order valence-corrected chi connectivity index (χ3v) is 4.93. The highest BCUT2D eigenvalue weighted by molar-refractivity contribution is 6.42. The molecule has 2 rings (SSSR count). The molecule has 1 aromatic rings. The van der Waals surface area contributed by atoms with E-state index in [0.717, 1.165) is 39.0 Å². The Bertz CT molecular complexity index is 471. The van der Waals surface area contributed by atoms with E-state index >= 15 is 0 Å². The minimum absolute atomic E-state index is 0.00234. The smallest absolute Gasteiger partial charge is 0.0829 e. The number of piperidine rings is 1. The first-order chi connectivity index (χ1) is 9.94. The molecule has 3 nitrogen and oxygen atoms in total. The van der Waals surface area contributed by atoms with Crippen LogP contribution in [0.2, 0.25) is 10.0 Å². The monoisotopic (exact) mass is 330 g/mol. The maximum Gasteiger partial charge on any atom is 0.0829 e. The number of hydrogen-bond donors (Lipinski definition) is 0. The van der Waals surface area contributed by atoms with Crippen LogP contribution >= 0.6 is 23.2 Å². The van der Waals surface area contributed by atoms with Crippen LogP contribution in [0.1, 0.15) is 18.4 Å². The Morgan fingerprint density at radius 1 is 1.19 bits per heavy atom. The van der Waals surface area contributed by atoms with Crippen molar-refractivity contribution in [1.29, 1.82) is 0 Å². The molecule has 1 aliphatic rings. The van der Waals surface area contributed by atoms with Crippen molar-refractivity contribution in [2.45, 2.75) is 25.0 Å². The number of ether oxygens (including phenoxy) is 1. The van der Waals surface area contributed by atoms with Gasteiger partial charge in [-0.1, -0.05) is 29.3 Å². The minimum Gasteiger partial charge on any atom is -0.377 e. The van der Waals surface area contributed by atoms with E-state index in [2.05, 4.69) is 23.9 Å². The maximum atomic E-state index is 6.08. The van der Waals surface area contributed by atoms with Crippen LogP contribution in [-0.2, 0) is 11.3 Å². The lowest BCUT2D eigenvalue weighted by Gasteiger charge is -2.42. The molecule has 0 amide bonds. The van der Waals surface area contributed by atoms with E-state index in [-0.39, 0.29) is 5.60 Å². The van der Waals surface area contributed by atoms with Gasteiger partial charge in [0.15, 0.2) is 0 Å². The Morgan fingerprint density at radius 3 is 2.38 bits per heavy atom. The van der Waals surface area contributed by atoms with Crippen LogP contribution in [0.25, 0.3) is 0 Å². The molecule has 0 saturated carbocycles. The largest absolute Gasteiger partial charge is 0.377 e. The van der Waals surface area contributed by atoms with Crippen molar-refractivity contribution in [3.63, 3.8) is 0 Å². The quantitative estimate of drug-likeness (QED) is 0.821. The van der Waals surface area contributed by atoms with Gasteiger partial charge in [0.25, 0.3) is 0 Å². The molecule has 0 bridgehead atoms. The van der Waals surface area contributed by atoms with Gasteiger partial charge in [-0.3, -0.25) is 4.90 Å². The van der Waals surface area contributed by atoms with Crippen LogP contribution in [0.15, 0.2) is 18.2 Å². The molecule has 21 heavy (non-hydrogen) atoms. The van der Waals surface area contributed by atoms with Crippen LogP contribution in [0.4, 0.5) is 0 Å². The van der Waals surface area contributed by atoms with Crippen LogP contribution in [0.3, 0.4) is 0 Å². The molecule has 0 aromatic heterocycles. The van der Waals surface area contributed by atoms with Crippen molar-refractivity contribution < 1.29 is 4.74 Å². The zero-order valence-electron chi connectivity index (χ0n) is 13.0. The van der Waals surface area contributed by atoms with E-state index in [0.29, 0.717) is 10.0 Å². The highest BCUT2D eigenvalue weighted by Gasteiger charge is 2.34. The summed E-state index contributed by atoms with van der Waals surface area (Å²) in [5, 5.41) is 1.24. The standard InChI is InChI=1S/C16H24Cl2N2O/c1-19(2)12-16(21-3)6-8-20(9-7-16)11-13-4-5-14(17)15(18)10-13/h4-5,10H,6-9,11-12H2,1-3H3. The molecule has 0 atom stereocenters. The molecular weight excluding hydrogens is 307 g/mol.